The standard InChI is InChI=1S/C22H30N4O2/c1-5-19(27)8-16-11-26(12-17-10-24-15(4)13(2)14(17)3)22-21(16)20(28)7-6-18(9-23)25-22/h6,10,16,21H,5,7-9,11-12,23H2,1-4H3. The average molecular weight is 383 g/mol. The largest absolute Gasteiger partial charge is 0.355 e. The number of rotatable bonds is 6. The van der Waals surface area contributed by atoms with Crippen molar-refractivity contribution in [2.45, 2.75) is 53.5 Å². The van der Waals surface area contributed by atoms with Gasteiger partial charge in [-0.05, 0) is 37.5 Å². The molecule has 3 heterocycles. The Kier molecular flexibility index (Phi) is 6.08. The minimum absolute atomic E-state index is 0.0240. The molecule has 0 radical (unpaired) electrons. The van der Waals surface area contributed by atoms with Crippen molar-refractivity contribution >= 4 is 17.4 Å². The van der Waals surface area contributed by atoms with E-state index in [9.17, 15) is 9.59 Å². The van der Waals surface area contributed by atoms with Gasteiger partial charge in [0.1, 0.15) is 17.4 Å². The summed E-state index contributed by atoms with van der Waals surface area (Å²) in [6.45, 7) is 9.67. The molecule has 0 saturated carbocycles. The highest BCUT2D eigenvalue weighted by Crippen LogP contribution is 2.34. The van der Waals surface area contributed by atoms with Crippen LogP contribution in [-0.2, 0) is 16.1 Å². The number of hydrogen-bond donors (Lipinski definition) is 1. The number of nitrogens with two attached hydrogens (primary N) is 1. The fourth-order valence-electron chi connectivity index (χ4n) is 4.11. The van der Waals surface area contributed by atoms with Gasteiger partial charge in [0.05, 0.1) is 11.6 Å². The lowest BCUT2D eigenvalue weighted by molar-refractivity contribution is -0.122. The highest BCUT2D eigenvalue weighted by Gasteiger charge is 2.43. The Morgan fingerprint density at radius 2 is 2.04 bits per heavy atom. The van der Waals surface area contributed by atoms with Crippen LogP contribution in [0.1, 0.15) is 48.6 Å². The van der Waals surface area contributed by atoms with E-state index in [4.69, 9.17) is 10.7 Å². The molecule has 1 saturated heterocycles. The molecule has 0 spiro atoms. The van der Waals surface area contributed by atoms with Crippen molar-refractivity contribution in [3.05, 3.63) is 40.4 Å². The van der Waals surface area contributed by atoms with Crippen molar-refractivity contribution < 1.29 is 9.59 Å². The molecule has 2 N–H and O–H groups in total. The number of carbonyl (C=O) groups excluding carboxylic acids is 2. The molecule has 1 fully saturated rings. The zero-order valence-corrected chi connectivity index (χ0v) is 17.3. The van der Waals surface area contributed by atoms with E-state index in [0.717, 1.165) is 22.8 Å². The molecule has 28 heavy (non-hydrogen) atoms. The molecule has 2 aliphatic rings. The van der Waals surface area contributed by atoms with Crippen LogP contribution in [0.3, 0.4) is 0 Å². The summed E-state index contributed by atoms with van der Waals surface area (Å²) in [5.74, 6) is 0.748. The first-order valence-electron chi connectivity index (χ1n) is 10.0. The molecule has 0 aromatic carbocycles. The van der Waals surface area contributed by atoms with E-state index in [-0.39, 0.29) is 23.4 Å². The minimum atomic E-state index is -0.324. The van der Waals surface area contributed by atoms with Crippen LogP contribution in [0.5, 0.6) is 0 Å². The molecular weight excluding hydrogens is 352 g/mol. The normalized spacial score (nSPS) is 21.9. The van der Waals surface area contributed by atoms with Crippen LogP contribution in [0.4, 0.5) is 0 Å². The van der Waals surface area contributed by atoms with Gasteiger partial charge in [0.2, 0.25) is 0 Å². The fourth-order valence-corrected chi connectivity index (χ4v) is 4.11. The number of hydrogen-bond acceptors (Lipinski definition) is 6. The molecule has 6 nitrogen and oxygen atoms in total. The molecule has 2 atom stereocenters. The first-order chi connectivity index (χ1) is 13.3. The number of carbonyl (C=O) groups is 2. The number of amidine groups is 1. The number of aryl methyl sites for hydroxylation is 1. The van der Waals surface area contributed by atoms with Gasteiger partial charge in [-0.25, -0.2) is 4.99 Å². The fraction of sp³-hybridized carbons (Fsp3) is 0.545. The number of pyridine rings is 1. The van der Waals surface area contributed by atoms with E-state index in [1.807, 2.05) is 26.1 Å². The van der Waals surface area contributed by atoms with Gasteiger partial charge in [-0.2, -0.15) is 0 Å². The lowest BCUT2D eigenvalue weighted by Crippen LogP contribution is -2.31. The maximum absolute atomic E-state index is 12.9. The lowest BCUT2D eigenvalue weighted by atomic mass is 9.86. The van der Waals surface area contributed by atoms with E-state index in [1.165, 1.54) is 11.1 Å². The molecular formula is C22H30N4O2. The van der Waals surface area contributed by atoms with Gasteiger partial charge in [0, 0.05) is 56.7 Å². The van der Waals surface area contributed by atoms with E-state index in [1.54, 1.807) is 0 Å². The summed E-state index contributed by atoms with van der Waals surface area (Å²) in [5, 5.41) is 0. The van der Waals surface area contributed by atoms with Gasteiger partial charge >= 0.3 is 0 Å². The Morgan fingerprint density at radius 1 is 1.29 bits per heavy atom. The van der Waals surface area contributed by atoms with Gasteiger partial charge in [0.25, 0.3) is 0 Å². The topological polar surface area (TPSA) is 88.7 Å². The second-order valence-electron chi connectivity index (χ2n) is 7.87. The summed E-state index contributed by atoms with van der Waals surface area (Å²) in [6.07, 6.45) is 4.99. The van der Waals surface area contributed by atoms with E-state index >= 15 is 0 Å². The Balaban J connectivity index is 1.96. The predicted octanol–water partition coefficient (Wildman–Crippen LogP) is 2.64. The highest BCUT2D eigenvalue weighted by molar-refractivity contribution is 6.07. The van der Waals surface area contributed by atoms with Gasteiger partial charge in [0.15, 0.2) is 0 Å². The lowest BCUT2D eigenvalue weighted by Gasteiger charge is -2.22. The predicted molar refractivity (Wildman–Crippen MR) is 110 cm³/mol. The number of aromatic nitrogens is 1. The zero-order valence-electron chi connectivity index (χ0n) is 17.3. The number of fused-ring (bicyclic) bond motifs is 1. The molecule has 2 aliphatic heterocycles. The molecule has 0 aliphatic carbocycles. The van der Waals surface area contributed by atoms with Crippen LogP contribution in [0, 0.1) is 32.6 Å². The van der Waals surface area contributed by atoms with Crippen LogP contribution in [0.15, 0.2) is 23.0 Å². The number of ketones is 2. The summed E-state index contributed by atoms with van der Waals surface area (Å²) < 4.78 is 0. The maximum Gasteiger partial charge on any atom is 0.147 e. The van der Waals surface area contributed by atoms with Gasteiger partial charge in [-0.15, -0.1) is 0 Å². The Labute approximate surface area is 166 Å². The maximum atomic E-state index is 12.9. The Morgan fingerprint density at radius 3 is 2.71 bits per heavy atom. The molecule has 3 rings (SSSR count). The molecule has 1 aromatic rings. The zero-order chi connectivity index (χ0) is 20.4. The third-order valence-corrected chi connectivity index (χ3v) is 6.13. The summed E-state index contributed by atoms with van der Waals surface area (Å²) in [7, 11) is 0. The van der Waals surface area contributed by atoms with Crippen molar-refractivity contribution in [1.82, 2.24) is 9.88 Å². The second kappa shape index (κ2) is 8.35. The second-order valence-corrected chi connectivity index (χ2v) is 7.87. The molecule has 0 amide bonds. The summed E-state index contributed by atoms with van der Waals surface area (Å²) in [6, 6.07) is 0. The van der Waals surface area contributed by atoms with Crippen molar-refractivity contribution in [3.63, 3.8) is 0 Å². The first-order valence-corrected chi connectivity index (χ1v) is 10.0. The van der Waals surface area contributed by atoms with E-state index < -0.39 is 0 Å². The summed E-state index contributed by atoms with van der Waals surface area (Å²) in [5.41, 5.74) is 11.1. The van der Waals surface area contributed by atoms with Crippen LogP contribution >= 0.6 is 0 Å². The Bertz CT molecular complexity index is 856. The van der Waals surface area contributed by atoms with Gasteiger partial charge < -0.3 is 10.6 Å². The first kappa shape index (κ1) is 20.4. The van der Waals surface area contributed by atoms with Crippen LogP contribution in [0.2, 0.25) is 0 Å². The highest BCUT2D eigenvalue weighted by atomic mass is 16.1. The summed E-state index contributed by atoms with van der Waals surface area (Å²) >= 11 is 0. The summed E-state index contributed by atoms with van der Waals surface area (Å²) in [4.78, 5) is 36.5. The van der Waals surface area contributed by atoms with Gasteiger partial charge in [-0.1, -0.05) is 13.0 Å². The minimum Gasteiger partial charge on any atom is -0.355 e. The molecule has 0 bridgehead atoms. The molecule has 1 aromatic heterocycles. The van der Waals surface area contributed by atoms with Crippen LogP contribution in [0.25, 0.3) is 0 Å². The van der Waals surface area contributed by atoms with E-state index in [2.05, 4.69) is 23.7 Å². The smallest absolute Gasteiger partial charge is 0.147 e. The number of likely N-dealkylation sites (tertiary alicyclic amines) is 1. The number of aliphatic imine (C=N–C) groups is 1. The van der Waals surface area contributed by atoms with Crippen molar-refractivity contribution in [2.24, 2.45) is 22.6 Å². The van der Waals surface area contributed by atoms with Crippen LogP contribution < -0.4 is 5.73 Å². The number of allylic oxidation sites excluding steroid dienone is 1. The number of nitrogens with zero attached hydrogens (tertiary/aromatic N) is 3. The van der Waals surface area contributed by atoms with Crippen LogP contribution in [-0.4, -0.2) is 40.4 Å². The average Bonchev–Trinajstić information content (AvgIpc) is 2.90. The number of Topliss-reactive ketones (excluding diaryl/α,β-unsaturated/α-hetero) is 2. The monoisotopic (exact) mass is 382 g/mol. The van der Waals surface area contributed by atoms with Crippen molar-refractivity contribution in [3.8, 4) is 0 Å². The SMILES string of the molecule is CCC(=O)CC1CN(Cc2cnc(C)c(C)c2C)C2=NC(CN)=CCC(=O)C21. The van der Waals surface area contributed by atoms with Crippen molar-refractivity contribution in [2.75, 3.05) is 13.1 Å². The van der Waals surface area contributed by atoms with E-state index in [0.29, 0.717) is 38.9 Å². The Hall–Kier alpha value is -2.34. The van der Waals surface area contributed by atoms with Gasteiger partial charge in [-0.3, -0.25) is 14.6 Å². The molecule has 150 valence electrons. The van der Waals surface area contributed by atoms with Crippen molar-refractivity contribution in [1.29, 1.82) is 0 Å². The third kappa shape index (κ3) is 3.92. The molecule has 2 unspecified atom stereocenters. The third-order valence-electron chi connectivity index (χ3n) is 6.13. The molecule has 6 heteroatoms. The quantitative estimate of drug-likeness (QED) is 0.817.